The molecule has 1 saturated carbocycles. The minimum absolute atomic E-state index is 0.0379. The summed E-state index contributed by atoms with van der Waals surface area (Å²) in [7, 11) is 0. The van der Waals surface area contributed by atoms with Crippen molar-refractivity contribution >= 4 is 17.4 Å². The largest absolute Gasteiger partial charge is 0.444 e. The molecule has 1 aliphatic rings. The molecule has 9 heteroatoms. The molecule has 2 aromatic rings. The highest BCUT2D eigenvalue weighted by Gasteiger charge is 2.46. The number of hydrogen-bond acceptors (Lipinski definition) is 6. The fraction of sp³-hybridized carbons (Fsp3) is 0.615. The van der Waals surface area contributed by atoms with Crippen LogP contribution in [0, 0.1) is 17.0 Å². The van der Waals surface area contributed by atoms with Crippen molar-refractivity contribution in [3.63, 3.8) is 0 Å². The van der Waals surface area contributed by atoms with Gasteiger partial charge >= 0.3 is 6.09 Å². The van der Waals surface area contributed by atoms with Gasteiger partial charge in [-0.1, -0.05) is 20.8 Å². The fourth-order valence-electron chi connectivity index (χ4n) is 3.88. The molecule has 1 aliphatic carbocycles. The Bertz CT molecular complexity index is 1010. The first-order valence-electron chi connectivity index (χ1n) is 12.0. The van der Waals surface area contributed by atoms with Gasteiger partial charge in [-0.25, -0.2) is 18.6 Å². The first-order chi connectivity index (χ1) is 16.1. The Kier molecular flexibility index (Phi) is 8.23. The van der Waals surface area contributed by atoms with Gasteiger partial charge in [-0.3, -0.25) is 0 Å². The van der Waals surface area contributed by atoms with E-state index in [0.29, 0.717) is 5.56 Å². The number of nitrogens with zero attached hydrogens (tertiary/aromatic N) is 1. The number of thiazole rings is 1. The zero-order chi connectivity index (χ0) is 26.0. The Balaban J connectivity index is 1.69. The number of nitrogens with one attached hydrogen (secondary N) is 2. The smallest absolute Gasteiger partial charge is 0.407 e. The average molecular weight is 510 g/mol. The van der Waals surface area contributed by atoms with Crippen LogP contribution in [0.15, 0.2) is 23.6 Å². The van der Waals surface area contributed by atoms with E-state index >= 15 is 0 Å². The van der Waals surface area contributed by atoms with Crippen LogP contribution in [-0.4, -0.2) is 40.5 Å². The predicted octanol–water partition coefficient (Wildman–Crippen LogP) is 5.09. The number of carbonyl (C=O) groups excluding carboxylic acids is 1. The monoisotopic (exact) mass is 509 g/mol. The molecule has 0 saturated heterocycles. The molecule has 0 bridgehead atoms. The van der Waals surface area contributed by atoms with Gasteiger partial charge in [0.25, 0.3) is 0 Å². The number of aliphatic hydroxyl groups excluding tert-OH is 1. The molecule has 0 spiro atoms. The lowest BCUT2D eigenvalue weighted by atomic mass is 9.93. The van der Waals surface area contributed by atoms with Gasteiger partial charge in [0.1, 0.15) is 17.2 Å². The maximum atomic E-state index is 13.7. The van der Waals surface area contributed by atoms with Gasteiger partial charge in [0.15, 0.2) is 0 Å². The molecule has 3 N–H and O–H groups in total. The van der Waals surface area contributed by atoms with Crippen molar-refractivity contribution in [1.82, 2.24) is 15.6 Å². The fourth-order valence-corrected chi connectivity index (χ4v) is 5.07. The van der Waals surface area contributed by atoms with Crippen LogP contribution in [0.25, 0.3) is 0 Å². The first kappa shape index (κ1) is 27.5. The Morgan fingerprint density at radius 3 is 2.34 bits per heavy atom. The highest BCUT2D eigenvalue weighted by Crippen LogP contribution is 2.46. The lowest BCUT2D eigenvalue weighted by Gasteiger charge is -2.28. The summed E-state index contributed by atoms with van der Waals surface area (Å²) >= 11 is 1.64. The number of ether oxygens (including phenoxy) is 1. The summed E-state index contributed by atoms with van der Waals surface area (Å²) in [6.07, 6.45) is 0.999. The molecule has 1 amide bonds. The van der Waals surface area contributed by atoms with Crippen molar-refractivity contribution in [3.05, 3.63) is 51.5 Å². The van der Waals surface area contributed by atoms with Crippen LogP contribution in [0.5, 0.6) is 0 Å². The number of aliphatic hydroxyl groups is 1. The number of alkyl carbamates (subject to hydrolysis) is 1. The Morgan fingerprint density at radius 1 is 1.17 bits per heavy atom. The second-order valence-electron chi connectivity index (χ2n) is 11.6. The molecule has 0 radical (unpaired) electrons. The summed E-state index contributed by atoms with van der Waals surface area (Å²) in [4.78, 5) is 17.3. The predicted molar refractivity (Wildman–Crippen MR) is 133 cm³/mol. The molecule has 1 fully saturated rings. The molecule has 2 unspecified atom stereocenters. The normalized spacial score (nSPS) is 17.1. The molecule has 3 rings (SSSR count). The highest BCUT2D eigenvalue weighted by atomic mass is 32.1. The minimum atomic E-state index is -1.03. The van der Waals surface area contributed by atoms with Gasteiger partial charge in [-0.15, -0.1) is 11.3 Å². The first-order valence-corrected chi connectivity index (χ1v) is 12.8. The molecule has 2 atom stereocenters. The van der Waals surface area contributed by atoms with Crippen LogP contribution in [0.2, 0.25) is 0 Å². The SMILES string of the molecule is CC(C)(C)Cc1nc(C2(NCC(O)C(Cc3cc(F)cc(F)c3)NC(=O)OC(C)(C)C)CC2)cs1. The second kappa shape index (κ2) is 10.5. The summed E-state index contributed by atoms with van der Waals surface area (Å²) in [5.74, 6) is -1.43. The third kappa shape index (κ3) is 8.51. The van der Waals surface area contributed by atoms with Crippen molar-refractivity contribution < 1.29 is 23.4 Å². The summed E-state index contributed by atoms with van der Waals surface area (Å²) in [6, 6.07) is 2.36. The third-order valence-corrected chi connectivity index (χ3v) is 6.52. The van der Waals surface area contributed by atoms with Crippen LogP contribution in [0.3, 0.4) is 0 Å². The van der Waals surface area contributed by atoms with Gasteiger partial charge in [0, 0.05) is 24.4 Å². The van der Waals surface area contributed by atoms with Gasteiger partial charge in [-0.05, 0) is 63.1 Å². The molecule has 0 aliphatic heterocycles. The van der Waals surface area contributed by atoms with E-state index < -0.39 is 35.5 Å². The molecule has 6 nitrogen and oxygen atoms in total. The summed E-state index contributed by atoms with van der Waals surface area (Å²) in [5, 5.41) is 20.3. The highest BCUT2D eigenvalue weighted by molar-refractivity contribution is 7.09. The van der Waals surface area contributed by atoms with Crippen molar-refractivity contribution in [1.29, 1.82) is 0 Å². The number of carbonyl (C=O) groups is 1. The topological polar surface area (TPSA) is 83.5 Å². The molecule has 35 heavy (non-hydrogen) atoms. The molecule has 1 aromatic heterocycles. The maximum absolute atomic E-state index is 13.7. The average Bonchev–Trinajstić information content (AvgIpc) is 3.33. The molecule has 1 aromatic carbocycles. The van der Waals surface area contributed by atoms with Crippen molar-refractivity contribution in [2.75, 3.05) is 6.54 Å². The third-order valence-electron chi connectivity index (χ3n) is 5.67. The van der Waals surface area contributed by atoms with E-state index in [-0.39, 0.29) is 23.9 Å². The zero-order valence-electron chi connectivity index (χ0n) is 21.4. The lowest BCUT2D eigenvalue weighted by Crippen LogP contribution is -2.51. The number of aromatic nitrogens is 1. The van der Waals surface area contributed by atoms with E-state index in [4.69, 9.17) is 9.72 Å². The lowest BCUT2D eigenvalue weighted by molar-refractivity contribution is 0.0418. The van der Waals surface area contributed by atoms with E-state index in [2.05, 4.69) is 36.8 Å². The van der Waals surface area contributed by atoms with Crippen LogP contribution >= 0.6 is 11.3 Å². The maximum Gasteiger partial charge on any atom is 0.407 e. The number of halogens is 2. The van der Waals surface area contributed by atoms with Gasteiger partial charge in [-0.2, -0.15) is 0 Å². The summed E-state index contributed by atoms with van der Waals surface area (Å²) in [6.45, 7) is 11.9. The molecular formula is C26H37F2N3O3S. The van der Waals surface area contributed by atoms with Gasteiger partial charge in [0.05, 0.1) is 28.4 Å². The van der Waals surface area contributed by atoms with E-state index in [9.17, 15) is 18.7 Å². The van der Waals surface area contributed by atoms with Crippen molar-refractivity contribution in [2.24, 2.45) is 5.41 Å². The molecular weight excluding hydrogens is 472 g/mol. The van der Waals surface area contributed by atoms with E-state index in [1.807, 2.05) is 0 Å². The van der Waals surface area contributed by atoms with Crippen molar-refractivity contribution in [2.45, 2.75) is 90.5 Å². The summed E-state index contributed by atoms with van der Waals surface area (Å²) < 4.78 is 32.8. The minimum Gasteiger partial charge on any atom is -0.444 e. The zero-order valence-corrected chi connectivity index (χ0v) is 22.2. The van der Waals surface area contributed by atoms with E-state index in [1.54, 1.807) is 32.1 Å². The molecule has 1 heterocycles. The van der Waals surface area contributed by atoms with Gasteiger partial charge < -0.3 is 20.5 Å². The van der Waals surface area contributed by atoms with E-state index in [1.165, 1.54) is 12.1 Å². The van der Waals surface area contributed by atoms with Crippen molar-refractivity contribution in [3.8, 4) is 0 Å². The van der Waals surface area contributed by atoms with E-state index in [0.717, 1.165) is 36.0 Å². The van der Waals surface area contributed by atoms with Gasteiger partial charge in [0.2, 0.25) is 0 Å². The standard InChI is InChI=1S/C26H37F2N3O3S/c1-24(2,3)13-22-31-21(15-35-22)26(7-8-26)29-14-20(32)19(30-23(33)34-25(4,5)6)11-16-9-17(27)12-18(28)10-16/h9-10,12,15,19-20,29,32H,7-8,11,13-14H2,1-6H3,(H,30,33). The second-order valence-corrected chi connectivity index (χ2v) is 12.6. The summed E-state index contributed by atoms with van der Waals surface area (Å²) in [5.41, 5.74) is 0.422. The quantitative estimate of drug-likeness (QED) is 0.439. The van der Waals surface area contributed by atoms with Crippen LogP contribution in [0.1, 0.15) is 70.6 Å². The number of benzene rings is 1. The number of rotatable bonds is 9. The number of amides is 1. The Hall–Kier alpha value is -2.10. The van der Waals surface area contributed by atoms with Crippen LogP contribution in [0.4, 0.5) is 13.6 Å². The molecule has 194 valence electrons. The number of hydrogen-bond donors (Lipinski definition) is 3. The van der Waals surface area contributed by atoms with Crippen LogP contribution < -0.4 is 10.6 Å². The Morgan fingerprint density at radius 2 is 1.80 bits per heavy atom. The Labute approximate surface area is 210 Å². The van der Waals surface area contributed by atoms with Crippen LogP contribution in [-0.2, 0) is 23.1 Å².